The van der Waals surface area contributed by atoms with E-state index in [9.17, 15) is 9.90 Å². The number of hydrogen-bond donors (Lipinski definition) is 2. The van der Waals surface area contributed by atoms with Gasteiger partial charge in [0.2, 0.25) is 5.91 Å². The van der Waals surface area contributed by atoms with Crippen molar-refractivity contribution in [3.63, 3.8) is 0 Å². The molecule has 7 rings (SSSR count). The molecule has 3 N–H and O–H groups in total. The van der Waals surface area contributed by atoms with Gasteiger partial charge in [-0.15, -0.1) is 0 Å². The Labute approximate surface area is 327 Å². The highest BCUT2D eigenvalue weighted by molar-refractivity contribution is 7.17. The number of carbonyl (C=O) groups is 1. The highest BCUT2D eigenvalue weighted by Gasteiger charge is 2.35. The van der Waals surface area contributed by atoms with Crippen LogP contribution in [0, 0.1) is 24.7 Å². The maximum Gasteiger partial charge on any atom is 0.273 e. The average molecular weight is 769 g/mol. The summed E-state index contributed by atoms with van der Waals surface area (Å²) in [5.41, 5.74) is 12.1. The zero-order valence-electron chi connectivity index (χ0n) is 31.9. The molecule has 5 aromatic rings. The lowest BCUT2D eigenvalue weighted by molar-refractivity contribution is -0.124. The lowest BCUT2D eigenvalue weighted by atomic mass is 9.72. The Bertz CT molecular complexity index is 1990. The van der Waals surface area contributed by atoms with Crippen LogP contribution in [0.1, 0.15) is 68.9 Å². The first-order chi connectivity index (χ1) is 26.1. The number of amides is 1. The lowest BCUT2D eigenvalue weighted by Gasteiger charge is -2.39. The molecule has 2 aliphatic carbocycles. The predicted molar refractivity (Wildman–Crippen MR) is 220 cm³/mol. The molecule has 2 heterocycles. The first-order valence-corrected chi connectivity index (χ1v) is 20.4. The Morgan fingerprint density at radius 1 is 0.833 bits per heavy atom. The Morgan fingerprint density at radius 3 is 2.06 bits per heavy atom. The van der Waals surface area contributed by atoms with Crippen LogP contribution in [-0.2, 0) is 4.79 Å². The lowest BCUT2D eigenvalue weighted by Crippen LogP contribution is -2.43. The molecule has 2 fully saturated rings. The third-order valence-corrected chi connectivity index (χ3v) is 12.9. The zero-order valence-corrected chi connectivity index (χ0v) is 33.5. The summed E-state index contributed by atoms with van der Waals surface area (Å²) in [5.74, 6) is 2.56. The number of aromatic nitrogens is 2. The topological polar surface area (TPSA) is 120 Å². The van der Waals surface area contributed by atoms with E-state index < -0.39 is 0 Å². The molecule has 0 saturated heterocycles. The van der Waals surface area contributed by atoms with Gasteiger partial charge in [0.15, 0.2) is 0 Å². The van der Waals surface area contributed by atoms with E-state index in [2.05, 4.69) is 65.1 Å². The number of nitrogens with zero attached hydrogens (tertiary/aromatic N) is 3. The molecule has 11 heteroatoms. The maximum atomic E-state index is 14.1. The number of methoxy groups -OCH3 is 3. The summed E-state index contributed by atoms with van der Waals surface area (Å²) in [6.07, 6.45) is 9.59. The maximum absolute atomic E-state index is 14.1. The van der Waals surface area contributed by atoms with Crippen molar-refractivity contribution in [1.82, 2.24) is 9.97 Å². The number of aryl methyl sites for hydroxylation is 1. The third kappa shape index (κ3) is 9.61. The van der Waals surface area contributed by atoms with Crippen molar-refractivity contribution < 1.29 is 24.1 Å². The van der Waals surface area contributed by atoms with Crippen LogP contribution in [0.3, 0.4) is 0 Å². The van der Waals surface area contributed by atoms with Crippen LogP contribution in [0.5, 0.6) is 16.1 Å². The van der Waals surface area contributed by atoms with E-state index in [1.165, 1.54) is 33.8 Å². The van der Waals surface area contributed by atoms with Gasteiger partial charge in [0.25, 0.3) is 10.4 Å². The van der Waals surface area contributed by atoms with Crippen LogP contribution < -0.4 is 24.8 Å². The van der Waals surface area contributed by atoms with E-state index in [0.29, 0.717) is 41.0 Å². The standard InChI is InChI=1S/C33H42N2O4S.C10H10N2OS/c1-21-16-24(25-12-15-30(38-3)22(2)17-25)8-9-27(21)20-35(32(37)23-10-13-29(36)14-11-23)28-7-5-6-26(18-28)31-19-34-33(39-4)40-31;1-13-10-12-6-9(14-10)7-3-2-4-8(11)5-7/h5-7,12,15,17-19,21,23-24,27,29,36H,8-11,13-14,16,20H2,1-4H3;2-6H,11H2,1H3. The van der Waals surface area contributed by atoms with Crippen LogP contribution in [0.4, 0.5) is 11.4 Å². The fourth-order valence-electron chi connectivity index (χ4n) is 7.78. The molecule has 3 unspecified atom stereocenters. The summed E-state index contributed by atoms with van der Waals surface area (Å²) in [4.78, 5) is 26.6. The van der Waals surface area contributed by atoms with E-state index in [0.717, 1.165) is 76.7 Å². The van der Waals surface area contributed by atoms with Gasteiger partial charge in [-0.25, -0.2) is 9.97 Å². The van der Waals surface area contributed by atoms with E-state index in [1.54, 1.807) is 27.5 Å². The Kier molecular flexibility index (Phi) is 13.3. The molecule has 0 aliphatic heterocycles. The monoisotopic (exact) mass is 768 g/mol. The number of ether oxygens (including phenoxy) is 3. The number of hydrogen-bond acceptors (Lipinski definition) is 10. The molecule has 9 nitrogen and oxygen atoms in total. The van der Waals surface area contributed by atoms with Gasteiger partial charge in [-0.05, 0) is 122 Å². The van der Waals surface area contributed by atoms with Gasteiger partial charge in [0.1, 0.15) is 5.75 Å². The molecule has 1 amide bonds. The van der Waals surface area contributed by atoms with Gasteiger partial charge < -0.3 is 30.0 Å². The van der Waals surface area contributed by atoms with Crippen molar-refractivity contribution in [1.29, 1.82) is 0 Å². The number of aliphatic hydroxyl groups is 1. The van der Waals surface area contributed by atoms with Crippen LogP contribution in [0.2, 0.25) is 0 Å². The first kappa shape index (κ1) is 39.2. The number of nitrogens with two attached hydrogens (primary N) is 1. The van der Waals surface area contributed by atoms with E-state index in [1.807, 2.05) is 36.5 Å². The van der Waals surface area contributed by atoms with Crippen LogP contribution in [0.25, 0.3) is 20.9 Å². The molecule has 0 bridgehead atoms. The zero-order chi connectivity index (χ0) is 38.2. The molecule has 3 atom stereocenters. The number of rotatable bonds is 10. The Balaban J connectivity index is 0.000000297. The van der Waals surface area contributed by atoms with Gasteiger partial charge in [-0.3, -0.25) is 4.79 Å². The van der Waals surface area contributed by atoms with E-state index in [-0.39, 0.29) is 17.9 Å². The third-order valence-electron chi connectivity index (χ3n) is 10.9. The number of aliphatic hydroxyl groups excluding tert-OH is 1. The number of carbonyl (C=O) groups excluding carboxylic acids is 1. The predicted octanol–water partition coefficient (Wildman–Crippen LogP) is 9.64. The SMILES string of the molecule is COc1ncc(-c2cccc(N(CC3CCC(c4ccc(OC)c(C)c4)CC3C)C(=O)C3CCC(O)CC3)c2)s1.COc1ncc(-c2cccc(N)c2)s1. The second-order valence-electron chi connectivity index (χ2n) is 14.5. The minimum atomic E-state index is -0.279. The number of benzene rings is 3. The van der Waals surface area contributed by atoms with Gasteiger partial charge >= 0.3 is 0 Å². The summed E-state index contributed by atoms with van der Waals surface area (Å²) >= 11 is 3.01. The van der Waals surface area contributed by atoms with Crippen molar-refractivity contribution in [2.45, 2.75) is 70.8 Å². The molecule has 54 heavy (non-hydrogen) atoms. The van der Waals surface area contributed by atoms with Crippen LogP contribution in [-0.4, -0.2) is 55.0 Å². The molecule has 2 aromatic heterocycles. The van der Waals surface area contributed by atoms with Crippen molar-refractivity contribution in [2.24, 2.45) is 17.8 Å². The average Bonchev–Trinajstić information content (AvgIpc) is 3.89. The molecule has 0 radical (unpaired) electrons. The van der Waals surface area contributed by atoms with Gasteiger partial charge in [0, 0.05) is 36.2 Å². The van der Waals surface area contributed by atoms with E-state index >= 15 is 0 Å². The molecule has 2 aliphatic rings. The van der Waals surface area contributed by atoms with Crippen molar-refractivity contribution in [3.05, 3.63) is 90.3 Å². The quantitative estimate of drug-likeness (QED) is 0.135. The van der Waals surface area contributed by atoms with E-state index in [4.69, 9.17) is 19.9 Å². The Hall–Kier alpha value is -4.45. The number of anilines is 2. The van der Waals surface area contributed by atoms with Crippen LogP contribution in [0.15, 0.2) is 79.1 Å². The number of nitrogen functional groups attached to an aromatic ring is 1. The van der Waals surface area contributed by atoms with Gasteiger partial charge in [-0.1, -0.05) is 66.0 Å². The summed E-state index contributed by atoms with van der Waals surface area (Å²) < 4.78 is 15.8. The fraction of sp³-hybridized carbons (Fsp3) is 0.419. The minimum absolute atomic E-state index is 0.0375. The van der Waals surface area contributed by atoms with Crippen molar-refractivity contribution in [3.8, 4) is 37.0 Å². The van der Waals surface area contributed by atoms with Gasteiger partial charge in [0.05, 0.1) is 37.2 Å². The summed E-state index contributed by atoms with van der Waals surface area (Å²) in [6, 6.07) is 22.6. The summed E-state index contributed by atoms with van der Waals surface area (Å²) in [5, 5.41) is 11.4. The van der Waals surface area contributed by atoms with Crippen molar-refractivity contribution in [2.75, 3.05) is 38.5 Å². The summed E-state index contributed by atoms with van der Waals surface area (Å²) in [6.45, 7) is 5.19. The smallest absolute Gasteiger partial charge is 0.273 e. The highest BCUT2D eigenvalue weighted by atomic mass is 32.1. The molecule has 2 saturated carbocycles. The molecule has 0 spiro atoms. The first-order valence-electron chi connectivity index (χ1n) is 18.8. The summed E-state index contributed by atoms with van der Waals surface area (Å²) in [7, 11) is 4.97. The highest BCUT2D eigenvalue weighted by Crippen LogP contribution is 2.42. The second-order valence-corrected chi connectivity index (χ2v) is 16.5. The molecular weight excluding hydrogens is 717 g/mol. The Morgan fingerprint density at radius 2 is 1.48 bits per heavy atom. The minimum Gasteiger partial charge on any atom is -0.496 e. The van der Waals surface area contributed by atoms with Gasteiger partial charge in [-0.2, -0.15) is 0 Å². The van der Waals surface area contributed by atoms with Crippen LogP contribution >= 0.6 is 22.7 Å². The fourth-order valence-corrected chi connectivity index (χ4v) is 9.23. The second kappa shape index (κ2) is 18.3. The largest absolute Gasteiger partial charge is 0.496 e. The number of thiazole rings is 2. The molecule has 286 valence electrons. The van der Waals surface area contributed by atoms with Crippen molar-refractivity contribution >= 4 is 40.0 Å². The molecule has 3 aromatic carbocycles. The normalized spacial score (nSPS) is 21.0. The molecular formula is C43H52N4O5S2.